The highest BCUT2D eigenvalue weighted by Crippen LogP contribution is 2.29. The van der Waals surface area contributed by atoms with Crippen LogP contribution in [0.1, 0.15) is 34.1 Å². The van der Waals surface area contributed by atoms with Crippen LogP contribution in [0.25, 0.3) is 0 Å². The number of nitrogens with two attached hydrogens (primary N) is 1. The Kier molecular flexibility index (Phi) is 12.2. The first-order valence-corrected chi connectivity index (χ1v) is 12.9. The van der Waals surface area contributed by atoms with Crippen LogP contribution in [-0.4, -0.2) is 80.5 Å². The van der Waals surface area contributed by atoms with Crippen molar-refractivity contribution in [2.75, 3.05) is 21.3 Å². The third-order valence-electron chi connectivity index (χ3n) is 7.04. The van der Waals surface area contributed by atoms with E-state index in [0.29, 0.717) is 5.57 Å². The summed E-state index contributed by atoms with van der Waals surface area (Å²) in [5, 5.41) is 13.7. The van der Waals surface area contributed by atoms with Crippen molar-refractivity contribution in [2.24, 2.45) is 17.6 Å². The number of allylic oxidation sites excluding steroid dienone is 5. The summed E-state index contributed by atoms with van der Waals surface area (Å²) < 4.78 is 22.1. The number of fused-ring (bicyclic) bond motifs is 2. The number of primary amides is 1. The number of carbonyl (C=O) groups is 4. The van der Waals surface area contributed by atoms with Crippen molar-refractivity contribution < 1.29 is 43.2 Å². The molecule has 0 fully saturated rings. The molecule has 2 amide bonds. The number of nitrogens with one attached hydrogen (secondary N) is 1. The summed E-state index contributed by atoms with van der Waals surface area (Å²) in [7, 11) is 4.31. The van der Waals surface area contributed by atoms with E-state index < -0.39 is 60.0 Å². The van der Waals surface area contributed by atoms with Crippen LogP contribution in [0.15, 0.2) is 58.9 Å². The fraction of sp³-hybridized carbons (Fsp3) is 0.517. The second-order valence-corrected chi connectivity index (χ2v) is 10.0. The molecule has 0 radical (unpaired) electrons. The van der Waals surface area contributed by atoms with Crippen molar-refractivity contribution >= 4 is 23.6 Å². The molecule has 1 heterocycles. The summed E-state index contributed by atoms with van der Waals surface area (Å²) in [5.41, 5.74) is 6.06. The Morgan fingerprint density at radius 1 is 1.02 bits per heavy atom. The van der Waals surface area contributed by atoms with Crippen LogP contribution in [0, 0.1) is 11.8 Å². The first-order chi connectivity index (χ1) is 18.8. The average Bonchev–Trinajstić information content (AvgIpc) is 2.90. The monoisotopic (exact) mass is 560 g/mol. The highest BCUT2D eigenvalue weighted by molar-refractivity contribution is 6.22. The SMILES string of the molecule is COC1/C=C/C=C(\C)C(=O)NC2=CC(=O)C=C(C2=O)[C@@H](OC)[C@H](C)CC(OC)[C@@H](O)[C@H](C)/C=C(\C)[C@H]1OC(N)=O. The first kappa shape index (κ1) is 32.8. The number of amides is 2. The van der Waals surface area contributed by atoms with Gasteiger partial charge in [-0.1, -0.05) is 38.2 Å². The van der Waals surface area contributed by atoms with Gasteiger partial charge in [0.15, 0.2) is 11.9 Å². The van der Waals surface area contributed by atoms with E-state index in [-0.39, 0.29) is 29.2 Å². The van der Waals surface area contributed by atoms with E-state index >= 15 is 0 Å². The van der Waals surface area contributed by atoms with E-state index in [0.717, 1.165) is 6.08 Å². The Labute approximate surface area is 234 Å². The lowest BCUT2D eigenvalue weighted by Crippen LogP contribution is -2.40. The molecule has 2 aliphatic rings. The fourth-order valence-electron chi connectivity index (χ4n) is 4.86. The van der Waals surface area contributed by atoms with Gasteiger partial charge >= 0.3 is 6.09 Å². The molecular formula is C29H40N2O9. The molecule has 0 saturated heterocycles. The van der Waals surface area contributed by atoms with Crippen LogP contribution in [0.3, 0.4) is 0 Å². The number of carbonyl (C=O) groups excluding carboxylic acids is 4. The standard InChI is InChI=1S/C29H40N2O9/c1-15-9-8-10-22(37-5)27(40-29(30)36)17(3)11-16(2)24(33)23(38-6)12-18(4)26(39-7)20-13-19(32)14-21(25(20)34)31-28(15)35/h8-11,13-14,16,18,22-24,26-27,33H,12H2,1-7H3,(H2,30,36)(H,31,35)/b10-8+,15-9+,17-11+/t16-,18-,22?,23?,24+,26+,27-/m1/s1. The Hall–Kier alpha value is -3.38. The third kappa shape index (κ3) is 8.31. The predicted molar refractivity (Wildman–Crippen MR) is 147 cm³/mol. The maximum Gasteiger partial charge on any atom is 0.405 e. The molecule has 4 N–H and O–H groups in total. The highest BCUT2D eigenvalue weighted by Gasteiger charge is 2.35. The number of Topliss-reactive ketones (excluding diaryl/α,β-unsaturated/α-hetero) is 1. The van der Waals surface area contributed by atoms with Gasteiger partial charge in [-0.2, -0.15) is 0 Å². The Morgan fingerprint density at radius 2 is 1.70 bits per heavy atom. The molecular weight excluding hydrogens is 520 g/mol. The van der Waals surface area contributed by atoms with E-state index in [9.17, 15) is 24.3 Å². The zero-order valence-corrected chi connectivity index (χ0v) is 24.0. The molecule has 0 aromatic carbocycles. The van der Waals surface area contributed by atoms with Crippen LogP contribution >= 0.6 is 0 Å². The number of ketones is 2. The number of methoxy groups -OCH3 is 3. The van der Waals surface area contributed by atoms with Crippen LogP contribution < -0.4 is 11.1 Å². The molecule has 2 rings (SSSR count). The normalized spacial score (nSPS) is 34.4. The highest BCUT2D eigenvalue weighted by atomic mass is 16.6. The minimum Gasteiger partial charge on any atom is -0.439 e. The van der Waals surface area contributed by atoms with E-state index in [1.807, 2.05) is 6.92 Å². The van der Waals surface area contributed by atoms with Crippen LogP contribution in [0.5, 0.6) is 0 Å². The second kappa shape index (κ2) is 14.8. The molecule has 1 aliphatic heterocycles. The number of aliphatic hydroxyl groups is 1. The van der Waals surface area contributed by atoms with Gasteiger partial charge in [-0.05, 0) is 37.8 Å². The van der Waals surface area contributed by atoms with Crippen molar-refractivity contribution in [3.63, 3.8) is 0 Å². The van der Waals surface area contributed by atoms with Gasteiger partial charge < -0.3 is 35.1 Å². The lowest BCUT2D eigenvalue weighted by molar-refractivity contribution is -0.120. The molecule has 2 unspecified atom stereocenters. The van der Waals surface area contributed by atoms with E-state index in [1.165, 1.54) is 46.5 Å². The summed E-state index contributed by atoms with van der Waals surface area (Å²) in [5.74, 6) is -2.44. The van der Waals surface area contributed by atoms with Crippen molar-refractivity contribution in [3.05, 3.63) is 58.9 Å². The lowest BCUT2D eigenvalue weighted by Gasteiger charge is -2.32. The lowest BCUT2D eigenvalue weighted by atomic mass is 9.84. The number of hydrogen-bond acceptors (Lipinski definition) is 9. The van der Waals surface area contributed by atoms with Crippen molar-refractivity contribution in [3.8, 4) is 0 Å². The number of ether oxygens (including phenoxy) is 4. The average molecular weight is 561 g/mol. The first-order valence-electron chi connectivity index (χ1n) is 12.9. The van der Waals surface area contributed by atoms with Crippen molar-refractivity contribution in [1.29, 1.82) is 0 Å². The summed E-state index contributed by atoms with van der Waals surface area (Å²) >= 11 is 0. The number of aliphatic hydroxyl groups excluding tert-OH is 1. The Morgan fingerprint density at radius 3 is 2.27 bits per heavy atom. The molecule has 11 heteroatoms. The molecule has 1 aliphatic carbocycles. The Balaban J connectivity index is 2.62. The summed E-state index contributed by atoms with van der Waals surface area (Å²) in [6, 6.07) is 0. The maximum absolute atomic E-state index is 13.3. The van der Waals surface area contributed by atoms with Crippen molar-refractivity contribution in [2.45, 2.75) is 64.6 Å². The van der Waals surface area contributed by atoms with Crippen LogP contribution in [0.4, 0.5) is 4.79 Å². The van der Waals surface area contributed by atoms with Gasteiger partial charge in [-0.3, -0.25) is 14.4 Å². The van der Waals surface area contributed by atoms with Crippen molar-refractivity contribution in [1.82, 2.24) is 5.32 Å². The van der Waals surface area contributed by atoms with Gasteiger partial charge in [-0.25, -0.2) is 4.79 Å². The minimum absolute atomic E-state index is 0.0970. The number of rotatable bonds is 4. The van der Waals surface area contributed by atoms with E-state index in [4.69, 9.17) is 24.7 Å². The summed E-state index contributed by atoms with van der Waals surface area (Å²) in [4.78, 5) is 50.4. The molecule has 40 heavy (non-hydrogen) atoms. The smallest absolute Gasteiger partial charge is 0.405 e. The summed E-state index contributed by atoms with van der Waals surface area (Å²) in [6.45, 7) is 6.86. The third-order valence-corrected chi connectivity index (χ3v) is 7.04. The molecule has 0 saturated carbocycles. The Bertz CT molecular complexity index is 1130. The molecule has 0 spiro atoms. The minimum atomic E-state index is -1.01. The molecule has 220 valence electrons. The molecule has 11 nitrogen and oxygen atoms in total. The van der Waals surface area contributed by atoms with Gasteiger partial charge in [0, 0.05) is 44.5 Å². The van der Waals surface area contributed by atoms with E-state index in [1.54, 1.807) is 26.0 Å². The molecule has 0 aromatic heterocycles. The topological polar surface area (TPSA) is 163 Å². The van der Waals surface area contributed by atoms with Gasteiger partial charge in [0.1, 0.15) is 6.10 Å². The van der Waals surface area contributed by atoms with Gasteiger partial charge in [0.2, 0.25) is 5.78 Å². The molecule has 2 bridgehead atoms. The van der Waals surface area contributed by atoms with E-state index in [2.05, 4.69) is 5.32 Å². The molecule has 0 aromatic rings. The molecule has 7 atom stereocenters. The summed E-state index contributed by atoms with van der Waals surface area (Å²) in [6.07, 6.45) is 3.68. The van der Waals surface area contributed by atoms with Crippen LogP contribution in [-0.2, 0) is 33.3 Å². The predicted octanol–water partition coefficient (Wildman–Crippen LogP) is 2.06. The maximum atomic E-state index is 13.3. The fourth-order valence-corrected chi connectivity index (χ4v) is 4.86. The second-order valence-electron chi connectivity index (χ2n) is 10.0. The largest absolute Gasteiger partial charge is 0.439 e. The van der Waals surface area contributed by atoms with Gasteiger partial charge in [0.25, 0.3) is 5.91 Å². The zero-order valence-electron chi connectivity index (χ0n) is 24.0. The quantitative estimate of drug-likeness (QED) is 0.345. The van der Waals surface area contributed by atoms with Gasteiger partial charge in [0.05, 0.1) is 24.0 Å². The zero-order chi connectivity index (χ0) is 30.1. The van der Waals surface area contributed by atoms with Crippen LogP contribution in [0.2, 0.25) is 0 Å². The number of hydrogen-bond donors (Lipinski definition) is 3. The van der Waals surface area contributed by atoms with Gasteiger partial charge in [-0.15, -0.1) is 0 Å².